The summed E-state index contributed by atoms with van der Waals surface area (Å²) in [5.41, 5.74) is 0. The molecular formula is C73H134O6. The minimum Gasteiger partial charge on any atom is -0.462 e. The van der Waals surface area contributed by atoms with Crippen LogP contribution in [0.3, 0.4) is 0 Å². The fraction of sp³-hybridized carbons (Fsp3) is 0.849. The van der Waals surface area contributed by atoms with Gasteiger partial charge in [0.2, 0.25) is 0 Å². The second kappa shape index (κ2) is 67.9. The van der Waals surface area contributed by atoms with Gasteiger partial charge in [-0.25, -0.2) is 0 Å². The lowest BCUT2D eigenvalue weighted by atomic mass is 10.0. The van der Waals surface area contributed by atoms with Crippen molar-refractivity contribution in [3.63, 3.8) is 0 Å². The van der Waals surface area contributed by atoms with Gasteiger partial charge < -0.3 is 14.2 Å². The van der Waals surface area contributed by atoms with Crippen LogP contribution in [0.25, 0.3) is 0 Å². The average Bonchev–Trinajstić information content (AvgIpc) is 3.45. The Morgan fingerprint density at radius 1 is 0.266 bits per heavy atom. The Hall–Kier alpha value is -2.63. The van der Waals surface area contributed by atoms with Crippen molar-refractivity contribution in [1.29, 1.82) is 0 Å². The van der Waals surface area contributed by atoms with E-state index in [0.717, 1.165) is 83.5 Å². The van der Waals surface area contributed by atoms with E-state index in [1.165, 1.54) is 257 Å². The van der Waals surface area contributed by atoms with E-state index in [1.807, 2.05) is 0 Å². The lowest BCUT2D eigenvalue weighted by Gasteiger charge is -2.18. The van der Waals surface area contributed by atoms with Gasteiger partial charge in [0.25, 0.3) is 0 Å². The van der Waals surface area contributed by atoms with E-state index < -0.39 is 6.10 Å². The van der Waals surface area contributed by atoms with Crippen LogP contribution in [-0.4, -0.2) is 37.2 Å². The molecule has 0 aromatic heterocycles. The topological polar surface area (TPSA) is 78.9 Å². The first-order valence-electron chi connectivity index (χ1n) is 35.1. The number of rotatable bonds is 65. The molecule has 462 valence electrons. The summed E-state index contributed by atoms with van der Waals surface area (Å²) in [6.45, 7) is 6.60. The number of esters is 3. The molecular weight excluding hydrogens is 973 g/mol. The summed E-state index contributed by atoms with van der Waals surface area (Å²) < 4.78 is 17.0. The van der Waals surface area contributed by atoms with Crippen LogP contribution in [0.5, 0.6) is 0 Å². The SMILES string of the molecule is CC/C=C\C/C=C\C/C=C\C/C=C\CCCCCCCCCCCCCCC(=O)OCC(COC(=O)CCCCCCCCCCCCCCCCC)OC(=O)CCCCCCCCCCCCCCCCCCCCCCC. The van der Waals surface area contributed by atoms with Crippen molar-refractivity contribution in [3.8, 4) is 0 Å². The molecule has 0 aromatic carbocycles. The van der Waals surface area contributed by atoms with Gasteiger partial charge in [-0.2, -0.15) is 0 Å². The minimum absolute atomic E-state index is 0.0669. The maximum atomic E-state index is 13.0. The van der Waals surface area contributed by atoms with Gasteiger partial charge in [-0.05, 0) is 57.8 Å². The van der Waals surface area contributed by atoms with Crippen molar-refractivity contribution in [3.05, 3.63) is 48.6 Å². The van der Waals surface area contributed by atoms with E-state index in [2.05, 4.69) is 69.4 Å². The van der Waals surface area contributed by atoms with Gasteiger partial charge in [-0.3, -0.25) is 14.4 Å². The van der Waals surface area contributed by atoms with Gasteiger partial charge in [0, 0.05) is 19.3 Å². The molecule has 0 fully saturated rings. The van der Waals surface area contributed by atoms with E-state index in [9.17, 15) is 14.4 Å². The summed E-state index contributed by atoms with van der Waals surface area (Å²) in [5.74, 6) is -0.839. The van der Waals surface area contributed by atoms with Crippen LogP contribution in [0.15, 0.2) is 48.6 Å². The molecule has 0 N–H and O–H groups in total. The highest BCUT2D eigenvalue weighted by Crippen LogP contribution is 2.19. The highest BCUT2D eigenvalue weighted by atomic mass is 16.6. The molecule has 0 aliphatic heterocycles. The molecule has 0 spiro atoms. The number of unbranched alkanes of at least 4 members (excludes halogenated alkanes) is 46. The first-order chi connectivity index (χ1) is 39.0. The molecule has 6 nitrogen and oxygen atoms in total. The summed E-state index contributed by atoms with van der Waals surface area (Å²) >= 11 is 0. The summed E-state index contributed by atoms with van der Waals surface area (Å²) in [4.78, 5) is 38.5. The first-order valence-corrected chi connectivity index (χ1v) is 35.1. The van der Waals surface area contributed by atoms with Crippen molar-refractivity contribution in [2.45, 2.75) is 386 Å². The molecule has 0 rings (SSSR count). The quantitative estimate of drug-likeness (QED) is 0.0261. The minimum atomic E-state index is -0.771. The largest absolute Gasteiger partial charge is 0.462 e. The van der Waals surface area contributed by atoms with Gasteiger partial charge in [0.1, 0.15) is 13.2 Å². The van der Waals surface area contributed by atoms with Gasteiger partial charge in [-0.1, -0.05) is 352 Å². The number of allylic oxidation sites excluding steroid dienone is 8. The maximum Gasteiger partial charge on any atom is 0.306 e. The first kappa shape index (κ1) is 76.4. The zero-order chi connectivity index (χ0) is 57.1. The zero-order valence-corrected chi connectivity index (χ0v) is 53.2. The second-order valence-electron chi connectivity index (χ2n) is 23.8. The van der Waals surface area contributed by atoms with Crippen LogP contribution < -0.4 is 0 Å². The lowest BCUT2D eigenvalue weighted by molar-refractivity contribution is -0.167. The third-order valence-corrected chi connectivity index (χ3v) is 15.8. The summed E-state index contributed by atoms with van der Waals surface area (Å²) in [6.07, 6.45) is 85.6. The summed E-state index contributed by atoms with van der Waals surface area (Å²) in [7, 11) is 0. The second-order valence-corrected chi connectivity index (χ2v) is 23.8. The molecule has 1 unspecified atom stereocenters. The van der Waals surface area contributed by atoms with Crippen molar-refractivity contribution in [2.75, 3.05) is 13.2 Å². The Kier molecular flexibility index (Phi) is 65.6. The Bertz CT molecular complexity index is 1360. The fourth-order valence-corrected chi connectivity index (χ4v) is 10.6. The summed E-state index contributed by atoms with van der Waals surface area (Å²) in [6, 6.07) is 0. The molecule has 0 aliphatic rings. The number of hydrogen-bond acceptors (Lipinski definition) is 6. The highest BCUT2D eigenvalue weighted by molar-refractivity contribution is 5.71. The number of hydrogen-bond donors (Lipinski definition) is 0. The number of carbonyl (C=O) groups is 3. The van der Waals surface area contributed by atoms with Crippen LogP contribution in [0.1, 0.15) is 380 Å². The molecule has 0 saturated heterocycles. The Morgan fingerprint density at radius 2 is 0.494 bits per heavy atom. The monoisotopic (exact) mass is 1110 g/mol. The van der Waals surface area contributed by atoms with E-state index >= 15 is 0 Å². The van der Waals surface area contributed by atoms with Gasteiger partial charge in [-0.15, -0.1) is 0 Å². The molecule has 0 heterocycles. The third kappa shape index (κ3) is 66.1. The Balaban J connectivity index is 4.27. The third-order valence-electron chi connectivity index (χ3n) is 15.8. The van der Waals surface area contributed by atoms with Crippen LogP contribution in [0.4, 0.5) is 0 Å². The smallest absolute Gasteiger partial charge is 0.306 e. The van der Waals surface area contributed by atoms with Gasteiger partial charge in [0.05, 0.1) is 0 Å². The molecule has 0 amide bonds. The number of carbonyl (C=O) groups excluding carboxylic acids is 3. The van der Waals surface area contributed by atoms with Gasteiger partial charge >= 0.3 is 17.9 Å². The molecule has 6 heteroatoms. The van der Waals surface area contributed by atoms with E-state index in [4.69, 9.17) is 14.2 Å². The van der Waals surface area contributed by atoms with Crippen molar-refractivity contribution in [2.24, 2.45) is 0 Å². The molecule has 79 heavy (non-hydrogen) atoms. The van der Waals surface area contributed by atoms with Crippen molar-refractivity contribution < 1.29 is 28.6 Å². The average molecular weight is 1110 g/mol. The van der Waals surface area contributed by atoms with Gasteiger partial charge in [0.15, 0.2) is 6.10 Å². The Labute approximate surface area is 492 Å². The molecule has 0 aliphatic carbocycles. The molecule has 0 aromatic rings. The maximum absolute atomic E-state index is 13.0. The van der Waals surface area contributed by atoms with Crippen LogP contribution in [0, 0.1) is 0 Å². The predicted octanol–water partition coefficient (Wildman–Crippen LogP) is 24.1. The van der Waals surface area contributed by atoms with E-state index in [0.29, 0.717) is 19.3 Å². The highest BCUT2D eigenvalue weighted by Gasteiger charge is 2.19. The molecule has 0 radical (unpaired) electrons. The van der Waals surface area contributed by atoms with Crippen LogP contribution in [0.2, 0.25) is 0 Å². The molecule has 0 bridgehead atoms. The Morgan fingerprint density at radius 3 is 0.772 bits per heavy atom. The predicted molar refractivity (Wildman–Crippen MR) is 344 cm³/mol. The number of ether oxygens (including phenoxy) is 3. The van der Waals surface area contributed by atoms with Crippen LogP contribution in [-0.2, 0) is 28.6 Å². The van der Waals surface area contributed by atoms with Crippen LogP contribution >= 0.6 is 0 Å². The summed E-state index contributed by atoms with van der Waals surface area (Å²) in [5, 5.41) is 0. The standard InChI is InChI=1S/C73H134O6/c1-4-7-10-13-16-19-22-25-28-30-32-34-35-36-37-39-40-42-45-48-51-54-57-60-63-66-72(75)78-69-70(68-77-71(74)65-62-59-56-53-50-47-44-27-24-21-18-15-12-9-6-3)79-73(76)67-64-61-58-55-52-49-46-43-41-38-33-31-29-26-23-20-17-14-11-8-5-2/h7,10,16,19,25,28,32,34,70H,4-6,8-9,11-15,17-18,20-24,26-27,29-31,33,35-69H2,1-3H3/b10-7-,19-16-,28-25-,34-32-. The molecule has 0 saturated carbocycles. The lowest BCUT2D eigenvalue weighted by Crippen LogP contribution is -2.30. The van der Waals surface area contributed by atoms with E-state index in [-0.39, 0.29) is 31.1 Å². The van der Waals surface area contributed by atoms with Crippen molar-refractivity contribution >= 4 is 17.9 Å². The molecule has 1 atom stereocenters. The normalized spacial score (nSPS) is 12.3. The van der Waals surface area contributed by atoms with E-state index in [1.54, 1.807) is 0 Å². The zero-order valence-electron chi connectivity index (χ0n) is 53.2. The fourth-order valence-electron chi connectivity index (χ4n) is 10.6. The van der Waals surface area contributed by atoms with Crippen molar-refractivity contribution in [1.82, 2.24) is 0 Å².